The van der Waals surface area contributed by atoms with E-state index in [4.69, 9.17) is 4.74 Å². The van der Waals surface area contributed by atoms with Crippen molar-refractivity contribution in [3.05, 3.63) is 65.7 Å². The van der Waals surface area contributed by atoms with Crippen LogP contribution in [0.3, 0.4) is 0 Å². The highest BCUT2D eigenvalue weighted by Gasteiger charge is 2.09. The minimum absolute atomic E-state index is 0.612. The van der Waals surface area contributed by atoms with Crippen molar-refractivity contribution in [2.75, 3.05) is 11.9 Å². The van der Waals surface area contributed by atoms with Crippen molar-refractivity contribution in [3.63, 3.8) is 0 Å². The van der Waals surface area contributed by atoms with Gasteiger partial charge in [-0.2, -0.15) is 0 Å². The smallest absolute Gasteiger partial charge is 0.119 e. The van der Waals surface area contributed by atoms with Gasteiger partial charge in [-0.1, -0.05) is 64.0 Å². The molecule has 0 bridgehead atoms. The molecule has 0 heterocycles. The van der Waals surface area contributed by atoms with Crippen LogP contribution >= 0.6 is 15.9 Å². The van der Waals surface area contributed by atoms with Crippen LogP contribution in [0.2, 0.25) is 0 Å². The zero-order valence-electron chi connectivity index (χ0n) is 11.9. The topological polar surface area (TPSA) is 9.23 Å². The van der Waals surface area contributed by atoms with E-state index in [0.717, 1.165) is 30.5 Å². The maximum absolute atomic E-state index is 5.78. The quantitative estimate of drug-likeness (QED) is 0.647. The molecule has 0 aromatic heterocycles. The van der Waals surface area contributed by atoms with E-state index in [1.54, 1.807) is 0 Å². The molecule has 0 aliphatic carbocycles. The summed E-state index contributed by atoms with van der Waals surface area (Å²) in [7, 11) is 0. The third kappa shape index (κ3) is 5.01. The lowest BCUT2D eigenvalue weighted by Crippen LogP contribution is -2.11. The van der Waals surface area contributed by atoms with Gasteiger partial charge < -0.3 is 4.74 Å². The van der Waals surface area contributed by atoms with Gasteiger partial charge in [0.15, 0.2) is 0 Å². The number of para-hydroxylation sites is 1. The lowest BCUT2D eigenvalue weighted by molar-refractivity contribution is 0.285. The van der Waals surface area contributed by atoms with Gasteiger partial charge in [-0.25, -0.2) is 0 Å². The monoisotopic (exact) mass is 332 g/mol. The summed E-state index contributed by atoms with van der Waals surface area (Å²) in [5.41, 5.74) is 2.74. The summed E-state index contributed by atoms with van der Waals surface area (Å²) in [6.45, 7) is 2.91. The van der Waals surface area contributed by atoms with Crippen LogP contribution in [-0.2, 0) is 6.42 Å². The summed E-state index contributed by atoms with van der Waals surface area (Å²) >= 11 is 3.62. The Morgan fingerprint density at radius 1 is 1.05 bits per heavy atom. The van der Waals surface area contributed by atoms with Crippen molar-refractivity contribution in [2.45, 2.75) is 19.8 Å². The maximum Gasteiger partial charge on any atom is 0.119 e. The lowest BCUT2D eigenvalue weighted by Gasteiger charge is -2.15. The molecular weight excluding hydrogens is 312 g/mol. The molecule has 1 nitrogen and oxygen atoms in total. The van der Waals surface area contributed by atoms with Gasteiger partial charge in [0.25, 0.3) is 0 Å². The normalized spacial score (nSPS) is 12.1. The molecule has 2 rings (SSSR count). The summed E-state index contributed by atoms with van der Waals surface area (Å²) in [4.78, 5) is 0. The van der Waals surface area contributed by atoms with Crippen molar-refractivity contribution >= 4 is 15.9 Å². The second-order valence-corrected chi connectivity index (χ2v) is 5.81. The molecule has 1 atom stereocenters. The van der Waals surface area contributed by atoms with Crippen LogP contribution in [0.1, 0.15) is 17.5 Å². The van der Waals surface area contributed by atoms with Crippen molar-refractivity contribution in [1.29, 1.82) is 0 Å². The average Bonchev–Trinajstić information content (AvgIpc) is 2.47. The summed E-state index contributed by atoms with van der Waals surface area (Å²) in [6.07, 6.45) is 2.17. The minimum Gasteiger partial charge on any atom is -0.494 e. The molecule has 2 aromatic rings. The van der Waals surface area contributed by atoms with Crippen molar-refractivity contribution in [1.82, 2.24) is 0 Å². The third-order valence-corrected chi connectivity index (χ3v) is 4.28. The molecule has 0 spiro atoms. The molecule has 2 aromatic carbocycles. The van der Waals surface area contributed by atoms with Gasteiger partial charge in [-0.3, -0.25) is 0 Å². The highest BCUT2D eigenvalue weighted by atomic mass is 79.9. The molecule has 106 valence electrons. The Labute approximate surface area is 130 Å². The molecule has 1 unspecified atom stereocenters. The first-order chi connectivity index (χ1) is 9.78. The van der Waals surface area contributed by atoms with Crippen molar-refractivity contribution < 1.29 is 4.74 Å². The van der Waals surface area contributed by atoms with Gasteiger partial charge in [0.05, 0.1) is 6.61 Å². The SMILES string of the molecule is Cc1cccc(CC(CBr)CCOc2ccccc2)c1. The predicted octanol–water partition coefficient (Wildman–Crippen LogP) is 5.02. The maximum atomic E-state index is 5.78. The van der Waals surface area contributed by atoms with Crippen LogP contribution in [0.25, 0.3) is 0 Å². The van der Waals surface area contributed by atoms with Crippen LogP contribution < -0.4 is 4.74 Å². The van der Waals surface area contributed by atoms with Crippen LogP contribution in [0.5, 0.6) is 5.75 Å². The van der Waals surface area contributed by atoms with Crippen LogP contribution in [-0.4, -0.2) is 11.9 Å². The number of alkyl halides is 1. The Bertz CT molecular complexity index is 510. The number of hydrogen-bond acceptors (Lipinski definition) is 1. The fourth-order valence-corrected chi connectivity index (χ4v) is 2.82. The summed E-state index contributed by atoms with van der Waals surface area (Å²) < 4.78 is 5.78. The van der Waals surface area contributed by atoms with Gasteiger partial charge >= 0.3 is 0 Å². The first kappa shape index (κ1) is 15.1. The van der Waals surface area contributed by atoms with E-state index in [0.29, 0.717) is 5.92 Å². The number of benzene rings is 2. The van der Waals surface area contributed by atoms with E-state index < -0.39 is 0 Å². The summed E-state index contributed by atoms with van der Waals surface area (Å²) in [6, 6.07) is 18.8. The molecule has 20 heavy (non-hydrogen) atoms. The molecule has 0 radical (unpaired) electrons. The first-order valence-corrected chi connectivity index (χ1v) is 8.19. The highest BCUT2D eigenvalue weighted by molar-refractivity contribution is 9.09. The molecule has 0 saturated carbocycles. The van der Waals surface area contributed by atoms with E-state index in [9.17, 15) is 0 Å². The molecular formula is C18H21BrO. The third-order valence-electron chi connectivity index (χ3n) is 3.36. The Kier molecular flexibility index (Phi) is 6.13. The van der Waals surface area contributed by atoms with E-state index in [-0.39, 0.29) is 0 Å². The van der Waals surface area contributed by atoms with Crippen LogP contribution in [0.15, 0.2) is 54.6 Å². The fourth-order valence-electron chi connectivity index (χ4n) is 2.27. The second kappa shape index (κ2) is 8.11. The second-order valence-electron chi connectivity index (χ2n) is 5.16. The Balaban J connectivity index is 1.80. The number of rotatable bonds is 7. The number of halogens is 1. The molecule has 0 aliphatic rings. The van der Waals surface area contributed by atoms with Gasteiger partial charge in [0, 0.05) is 5.33 Å². The highest BCUT2D eigenvalue weighted by Crippen LogP contribution is 2.17. The first-order valence-electron chi connectivity index (χ1n) is 7.07. The predicted molar refractivity (Wildman–Crippen MR) is 88.7 cm³/mol. The standard InChI is InChI=1S/C18H21BrO/c1-15-6-5-7-16(12-15)13-17(14-19)10-11-20-18-8-3-2-4-9-18/h2-9,12,17H,10-11,13-14H2,1H3. The van der Waals surface area contributed by atoms with Gasteiger partial charge in [-0.15, -0.1) is 0 Å². The minimum atomic E-state index is 0.612. The summed E-state index contributed by atoms with van der Waals surface area (Å²) in [5.74, 6) is 1.57. The lowest BCUT2D eigenvalue weighted by atomic mass is 9.97. The van der Waals surface area contributed by atoms with Crippen molar-refractivity contribution in [3.8, 4) is 5.75 Å². The molecule has 0 N–H and O–H groups in total. The van der Waals surface area contributed by atoms with E-state index in [1.165, 1.54) is 11.1 Å². The fraction of sp³-hybridized carbons (Fsp3) is 0.333. The summed E-state index contributed by atoms with van der Waals surface area (Å²) in [5, 5.41) is 1.01. The molecule has 0 saturated heterocycles. The molecule has 0 fully saturated rings. The zero-order valence-corrected chi connectivity index (χ0v) is 13.5. The Morgan fingerprint density at radius 3 is 2.55 bits per heavy atom. The van der Waals surface area contributed by atoms with Crippen molar-refractivity contribution in [2.24, 2.45) is 5.92 Å². The number of hydrogen-bond donors (Lipinski definition) is 0. The average molecular weight is 333 g/mol. The van der Waals surface area contributed by atoms with Gasteiger partial charge in [0.2, 0.25) is 0 Å². The number of aryl methyl sites for hydroxylation is 1. The van der Waals surface area contributed by atoms with E-state index >= 15 is 0 Å². The molecule has 0 amide bonds. The van der Waals surface area contributed by atoms with Crippen LogP contribution in [0.4, 0.5) is 0 Å². The van der Waals surface area contributed by atoms with Crippen LogP contribution in [0, 0.1) is 12.8 Å². The Hall–Kier alpha value is -1.28. The van der Waals surface area contributed by atoms with Gasteiger partial charge in [0.1, 0.15) is 5.75 Å². The zero-order chi connectivity index (χ0) is 14.2. The Morgan fingerprint density at radius 2 is 1.85 bits per heavy atom. The molecule has 2 heteroatoms. The van der Waals surface area contributed by atoms with Gasteiger partial charge in [-0.05, 0) is 43.4 Å². The van der Waals surface area contributed by atoms with E-state index in [2.05, 4.69) is 47.1 Å². The molecule has 0 aliphatic heterocycles. The van der Waals surface area contributed by atoms with E-state index in [1.807, 2.05) is 30.3 Å². The largest absolute Gasteiger partial charge is 0.494 e. The number of ether oxygens (including phenoxy) is 1.